The molecule has 3 amide bonds. The van der Waals surface area contributed by atoms with Crippen molar-refractivity contribution in [2.24, 2.45) is 0 Å². The van der Waals surface area contributed by atoms with Crippen LogP contribution in [0.5, 0.6) is 0 Å². The van der Waals surface area contributed by atoms with E-state index in [-0.39, 0.29) is 18.0 Å². The molecule has 1 aliphatic heterocycles. The van der Waals surface area contributed by atoms with E-state index in [1.807, 2.05) is 48.2 Å². The van der Waals surface area contributed by atoms with E-state index in [1.165, 1.54) is 0 Å². The van der Waals surface area contributed by atoms with Crippen molar-refractivity contribution in [1.82, 2.24) is 15.5 Å². The van der Waals surface area contributed by atoms with Crippen LogP contribution in [0.2, 0.25) is 5.02 Å². The number of carbonyl (C=O) groups is 2. The summed E-state index contributed by atoms with van der Waals surface area (Å²) >= 11 is 5.85. The van der Waals surface area contributed by atoms with Crippen LogP contribution < -0.4 is 16.0 Å². The number of rotatable bonds is 5. The van der Waals surface area contributed by atoms with Crippen LogP contribution in [0.3, 0.4) is 0 Å². The molecule has 1 unspecified atom stereocenters. The van der Waals surface area contributed by atoms with Crippen molar-refractivity contribution in [2.45, 2.75) is 26.1 Å². The minimum absolute atomic E-state index is 0.109. The molecule has 27 heavy (non-hydrogen) atoms. The number of amides is 3. The topological polar surface area (TPSA) is 73.5 Å². The van der Waals surface area contributed by atoms with Crippen LogP contribution in [-0.4, -0.2) is 36.0 Å². The zero-order chi connectivity index (χ0) is 19.2. The lowest BCUT2D eigenvalue weighted by molar-refractivity contribution is -0.135. The van der Waals surface area contributed by atoms with E-state index >= 15 is 0 Å². The van der Waals surface area contributed by atoms with Gasteiger partial charge in [0.05, 0.1) is 6.54 Å². The van der Waals surface area contributed by atoms with E-state index in [1.54, 1.807) is 12.1 Å². The average Bonchev–Trinajstić information content (AvgIpc) is 2.66. The van der Waals surface area contributed by atoms with Gasteiger partial charge in [-0.3, -0.25) is 4.79 Å². The first-order chi connectivity index (χ1) is 13.0. The lowest BCUT2D eigenvalue weighted by Crippen LogP contribution is -2.52. The van der Waals surface area contributed by atoms with E-state index in [9.17, 15) is 9.59 Å². The van der Waals surface area contributed by atoms with Crippen molar-refractivity contribution in [3.63, 3.8) is 0 Å². The highest BCUT2D eigenvalue weighted by Gasteiger charge is 2.24. The molecule has 3 N–H and O–H groups in total. The fourth-order valence-electron chi connectivity index (χ4n) is 2.94. The summed E-state index contributed by atoms with van der Waals surface area (Å²) in [6.45, 7) is 4.22. The summed E-state index contributed by atoms with van der Waals surface area (Å²) in [5, 5.41) is 9.38. The van der Waals surface area contributed by atoms with E-state index in [2.05, 4.69) is 16.0 Å². The van der Waals surface area contributed by atoms with Gasteiger partial charge in [-0.15, -0.1) is 0 Å². The number of urea groups is 1. The first kappa shape index (κ1) is 19.2. The second-order valence-corrected chi connectivity index (χ2v) is 7.07. The minimum atomic E-state index is -0.274. The first-order valence-corrected chi connectivity index (χ1v) is 9.27. The molecular formula is C20H23ClN4O2. The van der Waals surface area contributed by atoms with Gasteiger partial charge < -0.3 is 20.9 Å². The molecular weight excluding hydrogens is 364 g/mol. The third-order valence-electron chi connectivity index (χ3n) is 4.50. The van der Waals surface area contributed by atoms with Crippen LogP contribution in [-0.2, 0) is 17.9 Å². The van der Waals surface area contributed by atoms with Gasteiger partial charge >= 0.3 is 6.03 Å². The van der Waals surface area contributed by atoms with Crippen molar-refractivity contribution < 1.29 is 9.59 Å². The first-order valence-electron chi connectivity index (χ1n) is 8.89. The second kappa shape index (κ2) is 8.88. The number of nitrogens with one attached hydrogen (secondary N) is 3. The highest BCUT2D eigenvalue weighted by molar-refractivity contribution is 6.30. The van der Waals surface area contributed by atoms with Crippen LogP contribution in [0.25, 0.3) is 0 Å². The molecule has 2 aromatic carbocycles. The Bertz CT molecular complexity index is 793. The van der Waals surface area contributed by atoms with Crippen LogP contribution in [0.4, 0.5) is 10.5 Å². The van der Waals surface area contributed by atoms with Gasteiger partial charge in [-0.25, -0.2) is 4.79 Å². The highest BCUT2D eigenvalue weighted by Crippen LogP contribution is 2.15. The van der Waals surface area contributed by atoms with Gasteiger partial charge in [0.1, 0.15) is 0 Å². The minimum Gasteiger partial charge on any atom is -0.334 e. The predicted molar refractivity (Wildman–Crippen MR) is 107 cm³/mol. The molecule has 1 fully saturated rings. The summed E-state index contributed by atoms with van der Waals surface area (Å²) in [4.78, 5) is 25.9. The van der Waals surface area contributed by atoms with Gasteiger partial charge in [0.25, 0.3) is 0 Å². The molecule has 0 bridgehead atoms. The van der Waals surface area contributed by atoms with Crippen LogP contribution in [0, 0.1) is 0 Å². The van der Waals surface area contributed by atoms with Crippen LogP contribution in [0.1, 0.15) is 18.1 Å². The maximum atomic E-state index is 12.0. The summed E-state index contributed by atoms with van der Waals surface area (Å²) < 4.78 is 0. The Morgan fingerprint density at radius 1 is 1.15 bits per heavy atom. The molecule has 3 rings (SSSR count). The van der Waals surface area contributed by atoms with Gasteiger partial charge in [-0.1, -0.05) is 35.9 Å². The maximum absolute atomic E-state index is 12.0. The van der Waals surface area contributed by atoms with Gasteiger partial charge in [0, 0.05) is 36.4 Å². The molecule has 0 radical (unpaired) electrons. The van der Waals surface area contributed by atoms with Crippen molar-refractivity contribution >= 4 is 29.2 Å². The number of hydrogen-bond acceptors (Lipinski definition) is 3. The largest absolute Gasteiger partial charge is 0.334 e. The van der Waals surface area contributed by atoms with Crippen molar-refractivity contribution in [1.29, 1.82) is 0 Å². The van der Waals surface area contributed by atoms with Crippen LogP contribution >= 0.6 is 11.6 Å². The number of carbonyl (C=O) groups excluding carboxylic acids is 2. The second-order valence-electron chi connectivity index (χ2n) is 6.63. The molecule has 2 aromatic rings. The Balaban J connectivity index is 1.50. The van der Waals surface area contributed by atoms with E-state index in [4.69, 9.17) is 11.6 Å². The Kier molecular flexibility index (Phi) is 6.32. The molecule has 0 aromatic heterocycles. The number of halogens is 1. The molecule has 1 saturated heterocycles. The fraction of sp³-hybridized carbons (Fsp3) is 0.300. The van der Waals surface area contributed by atoms with Crippen molar-refractivity contribution in [3.05, 3.63) is 64.7 Å². The Morgan fingerprint density at radius 2 is 1.81 bits per heavy atom. The maximum Gasteiger partial charge on any atom is 0.319 e. The van der Waals surface area contributed by atoms with Gasteiger partial charge in [0.15, 0.2) is 0 Å². The fourth-order valence-corrected chi connectivity index (χ4v) is 3.07. The Labute approximate surface area is 163 Å². The smallest absolute Gasteiger partial charge is 0.319 e. The molecule has 1 atom stereocenters. The van der Waals surface area contributed by atoms with E-state index in [0.29, 0.717) is 30.3 Å². The molecule has 142 valence electrons. The summed E-state index contributed by atoms with van der Waals surface area (Å²) in [6, 6.07) is 14.8. The zero-order valence-electron chi connectivity index (χ0n) is 15.2. The molecule has 0 spiro atoms. The number of benzene rings is 2. The number of hydrogen-bond donors (Lipinski definition) is 3. The van der Waals surface area contributed by atoms with Crippen molar-refractivity contribution in [3.8, 4) is 0 Å². The average molecular weight is 387 g/mol. The van der Waals surface area contributed by atoms with Gasteiger partial charge in [-0.2, -0.15) is 0 Å². The molecule has 1 aliphatic rings. The number of nitrogens with zero attached hydrogens (tertiary/aromatic N) is 1. The van der Waals surface area contributed by atoms with Gasteiger partial charge in [0.2, 0.25) is 5.91 Å². The Morgan fingerprint density at radius 3 is 2.48 bits per heavy atom. The molecule has 6 nitrogen and oxygen atoms in total. The summed E-state index contributed by atoms with van der Waals surface area (Å²) in [6.07, 6.45) is 0. The van der Waals surface area contributed by atoms with Gasteiger partial charge in [-0.05, 0) is 42.3 Å². The Hall–Kier alpha value is -2.57. The summed E-state index contributed by atoms with van der Waals surface area (Å²) in [7, 11) is 0. The monoisotopic (exact) mass is 386 g/mol. The SMILES string of the molecule is CC1CNCC(=O)N1Cc1ccc(NC(=O)NCc2ccc(Cl)cc2)cc1. The highest BCUT2D eigenvalue weighted by atomic mass is 35.5. The lowest BCUT2D eigenvalue weighted by Gasteiger charge is -2.34. The predicted octanol–water partition coefficient (Wildman–Crippen LogP) is 2.98. The standard InChI is InChI=1S/C20H23ClN4O2/c1-14-10-22-12-19(26)25(14)13-16-4-8-18(9-5-16)24-20(27)23-11-15-2-6-17(21)7-3-15/h2-9,14,22H,10-13H2,1H3,(H2,23,24,27). The summed E-state index contributed by atoms with van der Waals surface area (Å²) in [5.74, 6) is 0.109. The normalized spacial score (nSPS) is 16.9. The molecule has 7 heteroatoms. The number of piperazine rings is 1. The molecule has 0 saturated carbocycles. The van der Waals surface area contributed by atoms with Crippen LogP contribution in [0.15, 0.2) is 48.5 Å². The van der Waals surface area contributed by atoms with E-state index < -0.39 is 0 Å². The lowest BCUT2D eigenvalue weighted by atomic mass is 10.1. The summed E-state index contributed by atoms with van der Waals surface area (Å²) in [5.41, 5.74) is 2.70. The number of anilines is 1. The van der Waals surface area contributed by atoms with E-state index in [0.717, 1.165) is 17.7 Å². The zero-order valence-corrected chi connectivity index (χ0v) is 15.9. The quantitative estimate of drug-likeness (QED) is 0.739. The molecule has 0 aliphatic carbocycles. The third kappa shape index (κ3) is 5.45. The molecule has 1 heterocycles. The van der Waals surface area contributed by atoms with Crippen molar-refractivity contribution in [2.75, 3.05) is 18.4 Å². The third-order valence-corrected chi connectivity index (χ3v) is 4.75.